The minimum Gasteiger partial charge on any atom is -0.475 e. The zero-order chi connectivity index (χ0) is 16.8. The highest BCUT2D eigenvalue weighted by Gasteiger charge is 2.16. The lowest BCUT2D eigenvalue weighted by Gasteiger charge is -2.24. The quantitative estimate of drug-likeness (QED) is 0.846. The third-order valence-corrected chi connectivity index (χ3v) is 4.06. The van der Waals surface area contributed by atoms with Crippen LogP contribution < -0.4 is 10.1 Å². The normalized spacial score (nSPS) is 12.4. The van der Waals surface area contributed by atoms with Crippen molar-refractivity contribution in [3.63, 3.8) is 0 Å². The molecule has 6 heteroatoms. The van der Waals surface area contributed by atoms with E-state index in [1.165, 1.54) is 5.56 Å². The van der Waals surface area contributed by atoms with E-state index < -0.39 is 0 Å². The van der Waals surface area contributed by atoms with Crippen LogP contribution >= 0.6 is 11.3 Å². The Hall–Kier alpha value is -1.92. The molecule has 1 amide bonds. The topological polar surface area (TPSA) is 54.5 Å². The van der Waals surface area contributed by atoms with Crippen molar-refractivity contribution >= 4 is 17.2 Å². The first kappa shape index (κ1) is 17.4. The van der Waals surface area contributed by atoms with Gasteiger partial charge in [-0.2, -0.15) is 11.3 Å². The Bertz CT molecular complexity index is 609. The minimum absolute atomic E-state index is 0.0636. The summed E-state index contributed by atoms with van der Waals surface area (Å²) in [4.78, 5) is 18.5. The average molecular weight is 333 g/mol. The molecule has 124 valence electrons. The largest absolute Gasteiger partial charge is 0.475 e. The number of ether oxygens (including phenoxy) is 1. The number of likely N-dealkylation sites (N-methyl/N-ethyl adjacent to an activating group) is 1. The van der Waals surface area contributed by atoms with Gasteiger partial charge in [-0.1, -0.05) is 0 Å². The van der Waals surface area contributed by atoms with E-state index in [0.29, 0.717) is 18.0 Å². The van der Waals surface area contributed by atoms with Gasteiger partial charge in [0.2, 0.25) is 5.88 Å². The highest BCUT2D eigenvalue weighted by molar-refractivity contribution is 7.07. The van der Waals surface area contributed by atoms with Crippen molar-refractivity contribution in [3.05, 3.63) is 46.3 Å². The molecule has 1 N–H and O–H groups in total. The second-order valence-corrected chi connectivity index (χ2v) is 6.58. The first-order chi connectivity index (χ1) is 11.0. The van der Waals surface area contributed by atoms with E-state index in [2.05, 4.69) is 26.6 Å². The maximum absolute atomic E-state index is 12.3. The van der Waals surface area contributed by atoms with Gasteiger partial charge < -0.3 is 15.0 Å². The highest BCUT2D eigenvalue weighted by atomic mass is 32.1. The molecule has 5 nitrogen and oxygen atoms in total. The van der Waals surface area contributed by atoms with Gasteiger partial charge in [0.1, 0.15) is 0 Å². The molecule has 0 aliphatic rings. The molecule has 0 aliphatic carbocycles. The number of nitrogens with one attached hydrogen (secondary N) is 1. The van der Waals surface area contributed by atoms with E-state index in [0.717, 1.165) is 0 Å². The molecular formula is C17H23N3O2S. The van der Waals surface area contributed by atoms with Crippen molar-refractivity contribution in [2.24, 2.45) is 0 Å². The molecule has 1 atom stereocenters. The standard InChI is InChI=1S/C17H23N3O2S/c1-12(2)22-16-6-5-13(9-18-16)17(21)19-10-15(20(3)4)14-7-8-23-11-14/h5-9,11-12,15H,10H2,1-4H3,(H,19,21)/t15-/m1/s1. The van der Waals surface area contributed by atoms with Gasteiger partial charge in [-0.05, 0) is 56.4 Å². The SMILES string of the molecule is CC(C)Oc1ccc(C(=O)NC[C@H](c2ccsc2)N(C)C)cn1. The summed E-state index contributed by atoms with van der Waals surface area (Å²) in [7, 11) is 4.02. The number of carbonyl (C=O) groups is 1. The van der Waals surface area contributed by atoms with Crippen LogP contribution in [0.1, 0.15) is 35.8 Å². The van der Waals surface area contributed by atoms with E-state index in [4.69, 9.17) is 4.74 Å². The number of hydrogen-bond acceptors (Lipinski definition) is 5. The summed E-state index contributed by atoms with van der Waals surface area (Å²) in [6.45, 7) is 4.43. The second kappa shape index (κ2) is 8.08. The van der Waals surface area contributed by atoms with Crippen molar-refractivity contribution in [3.8, 4) is 5.88 Å². The summed E-state index contributed by atoms with van der Waals surface area (Å²) >= 11 is 1.66. The third kappa shape index (κ3) is 5.04. The summed E-state index contributed by atoms with van der Waals surface area (Å²) in [5.41, 5.74) is 1.74. The van der Waals surface area contributed by atoms with Crippen LogP contribution in [-0.4, -0.2) is 42.5 Å². The van der Waals surface area contributed by atoms with Crippen LogP contribution in [0, 0.1) is 0 Å². The van der Waals surface area contributed by atoms with E-state index in [1.807, 2.05) is 33.3 Å². The van der Waals surface area contributed by atoms with Crippen molar-refractivity contribution in [2.75, 3.05) is 20.6 Å². The molecule has 0 aliphatic heterocycles. The predicted octanol–water partition coefficient (Wildman–Crippen LogP) is 2.96. The molecule has 0 saturated carbocycles. The molecule has 0 unspecified atom stereocenters. The first-order valence-electron chi connectivity index (χ1n) is 7.57. The molecule has 2 aromatic rings. The maximum Gasteiger partial charge on any atom is 0.252 e. The maximum atomic E-state index is 12.3. The number of pyridine rings is 1. The number of aromatic nitrogens is 1. The lowest BCUT2D eigenvalue weighted by Crippen LogP contribution is -2.34. The zero-order valence-corrected chi connectivity index (χ0v) is 14.8. The van der Waals surface area contributed by atoms with Gasteiger partial charge in [-0.25, -0.2) is 4.98 Å². The Balaban J connectivity index is 1.95. The highest BCUT2D eigenvalue weighted by Crippen LogP contribution is 2.20. The Morgan fingerprint density at radius 3 is 2.65 bits per heavy atom. The second-order valence-electron chi connectivity index (χ2n) is 5.80. The Labute approximate surface area is 141 Å². The van der Waals surface area contributed by atoms with Gasteiger partial charge >= 0.3 is 0 Å². The molecule has 0 radical (unpaired) electrons. The summed E-state index contributed by atoms with van der Waals surface area (Å²) < 4.78 is 5.48. The third-order valence-electron chi connectivity index (χ3n) is 3.36. The monoisotopic (exact) mass is 333 g/mol. The summed E-state index contributed by atoms with van der Waals surface area (Å²) in [6, 6.07) is 5.69. The molecule has 2 heterocycles. The molecule has 23 heavy (non-hydrogen) atoms. The van der Waals surface area contributed by atoms with Crippen LogP contribution in [0.15, 0.2) is 35.2 Å². The Morgan fingerprint density at radius 1 is 1.35 bits per heavy atom. The average Bonchev–Trinajstić information content (AvgIpc) is 3.01. The van der Waals surface area contributed by atoms with Crippen molar-refractivity contribution in [1.82, 2.24) is 15.2 Å². The predicted molar refractivity (Wildman–Crippen MR) is 93.1 cm³/mol. The van der Waals surface area contributed by atoms with Gasteiger partial charge in [0.25, 0.3) is 5.91 Å². The fourth-order valence-corrected chi connectivity index (χ4v) is 2.89. The molecule has 2 rings (SSSR count). The number of carbonyl (C=O) groups excluding carboxylic acids is 1. The summed E-state index contributed by atoms with van der Waals surface area (Å²) in [5.74, 6) is 0.400. The molecule has 2 aromatic heterocycles. The van der Waals surface area contributed by atoms with Crippen LogP contribution in [0.4, 0.5) is 0 Å². The number of nitrogens with zero attached hydrogens (tertiary/aromatic N) is 2. The molecule has 0 aromatic carbocycles. The van der Waals surface area contributed by atoms with E-state index in [-0.39, 0.29) is 18.1 Å². The van der Waals surface area contributed by atoms with Crippen molar-refractivity contribution in [2.45, 2.75) is 26.0 Å². The molecular weight excluding hydrogens is 310 g/mol. The zero-order valence-electron chi connectivity index (χ0n) is 13.9. The van der Waals surface area contributed by atoms with Crippen molar-refractivity contribution in [1.29, 1.82) is 0 Å². The molecule has 0 bridgehead atoms. The van der Waals surface area contributed by atoms with Gasteiger partial charge in [-0.15, -0.1) is 0 Å². The smallest absolute Gasteiger partial charge is 0.252 e. The number of hydrogen-bond donors (Lipinski definition) is 1. The molecule has 0 fully saturated rings. The lowest BCUT2D eigenvalue weighted by molar-refractivity contribution is 0.0941. The minimum atomic E-state index is -0.129. The van der Waals surface area contributed by atoms with Gasteiger partial charge in [0, 0.05) is 18.8 Å². The Kier molecular flexibility index (Phi) is 6.12. The molecule has 0 spiro atoms. The van der Waals surface area contributed by atoms with Crippen LogP contribution in [0.5, 0.6) is 5.88 Å². The number of amides is 1. The van der Waals surface area contributed by atoms with Crippen LogP contribution in [0.2, 0.25) is 0 Å². The van der Waals surface area contributed by atoms with Gasteiger partial charge in [0.05, 0.1) is 17.7 Å². The van der Waals surface area contributed by atoms with Crippen LogP contribution in [-0.2, 0) is 0 Å². The number of thiophene rings is 1. The summed E-state index contributed by atoms with van der Waals surface area (Å²) in [5, 5.41) is 7.13. The van der Waals surface area contributed by atoms with Gasteiger partial charge in [-0.3, -0.25) is 4.79 Å². The summed E-state index contributed by atoms with van der Waals surface area (Å²) in [6.07, 6.45) is 1.61. The van der Waals surface area contributed by atoms with Gasteiger partial charge in [0.15, 0.2) is 0 Å². The Morgan fingerprint density at radius 2 is 2.13 bits per heavy atom. The van der Waals surface area contributed by atoms with Crippen LogP contribution in [0.3, 0.4) is 0 Å². The van der Waals surface area contributed by atoms with Crippen LogP contribution in [0.25, 0.3) is 0 Å². The van der Waals surface area contributed by atoms with E-state index >= 15 is 0 Å². The lowest BCUT2D eigenvalue weighted by atomic mass is 10.1. The van der Waals surface area contributed by atoms with E-state index in [9.17, 15) is 4.79 Å². The number of rotatable bonds is 7. The fraction of sp³-hybridized carbons (Fsp3) is 0.412. The first-order valence-corrected chi connectivity index (χ1v) is 8.51. The van der Waals surface area contributed by atoms with E-state index in [1.54, 1.807) is 29.7 Å². The molecule has 0 saturated heterocycles. The van der Waals surface area contributed by atoms with Crippen molar-refractivity contribution < 1.29 is 9.53 Å². The fourth-order valence-electron chi connectivity index (χ4n) is 2.18.